The minimum Gasteiger partial charge on any atom is -0.494 e. The average Bonchev–Trinajstić information content (AvgIpc) is 3.15. The molecular weight excluding hydrogens is 344 g/mol. The fourth-order valence-corrected chi connectivity index (χ4v) is 3.53. The first-order valence-electron chi connectivity index (χ1n) is 9.33. The predicted octanol–water partition coefficient (Wildman–Crippen LogP) is 3.20. The number of hydrogen-bond acceptors (Lipinski definition) is 5. The van der Waals surface area contributed by atoms with Crippen LogP contribution >= 0.6 is 0 Å². The minimum absolute atomic E-state index is 0.0294. The van der Waals surface area contributed by atoms with Gasteiger partial charge >= 0.3 is 0 Å². The van der Waals surface area contributed by atoms with E-state index in [-0.39, 0.29) is 18.7 Å². The molecule has 2 aromatic carbocycles. The molecule has 6 nitrogen and oxygen atoms in total. The lowest BCUT2D eigenvalue weighted by molar-refractivity contribution is -0.121. The topological polar surface area (TPSA) is 60.0 Å². The van der Waals surface area contributed by atoms with Gasteiger partial charge in [0.2, 0.25) is 12.7 Å². The van der Waals surface area contributed by atoms with Gasteiger partial charge < -0.3 is 19.5 Å². The van der Waals surface area contributed by atoms with Crippen molar-refractivity contribution in [2.45, 2.75) is 32.9 Å². The molecule has 0 radical (unpaired) electrons. The Morgan fingerprint density at radius 3 is 2.89 bits per heavy atom. The first kappa shape index (κ1) is 17.7. The van der Waals surface area contributed by atoms with E-state index in [1.165, 1.54) is 11.1 Å². The fourth-order valence-electron chi connectivity index (χ4n) is 3.53. The first-order chi connectivity index (χ1) is 13.1. The highest BCUT2D eigenvalue weighted by molar-refractivity contribution is 5.94. The summed E-state index contributed by atoms with van der Waals surface area (Å²) in [5.41, 5.74) is 3.28. The van der Waals surface area contributed by atoms with E-state index in [4.69, 9.17) is 14.2 Å². The lowest BCUT2D eigenvalue weighted by atomic mass is 9.98. The lowest BCUT2D eigenvalue weighted by Crippen LogP contribution is -2.44. The summed E-state index contributed by atoms with van der Waals surface area (Å²) in [4.78, 5) is 14.9. The van der Waals surface area contributed by atoms with Crippen LogP contribution in [0.15, 0.2) is 36.4 Å². The van der Waals surface area contributed by atoms with Crippen LogP contribution in [0.4, 0.5) is 5.69 Å². The molecule has 142 valence electrons. The van der Waals surface area contributed by atoms with Crippen molar-refractivity contribution in [1.29, 1.82) is 0 Å². The van der Waals surface area contributed by atoms with E-state index in [0.717, 1.165) is 25.3 Å². The number of nitrogens with zero attached hydrogens (tertiary/aromatic N) is 1. The van der Waals surface area contributed by atoms with Gasteiger partial charge in [-0.2, -0.15) is 0 Å². The largest absolute Gasteiger partial charge is 0.494 e. The number of fused-ring (bicyclic) bond motifs is 2. The summed E-state index contributed by atoms with van der Waals surface area (Å²) in [6.07, 6.45) is 0.934. The molecule has 2 aliphatic heterocycles. The van der Waals surface area contributed by atoms with Crippen molar-refractivity contribution in [2.75, 3.05) is 25.3 Å². The zero-order valence-electron chi connectivity index (χ0n) is 15.7. The molecule has 0 bridgehead atoms. The summed E-state index contributed by atoms with van der Waals surface area (Å²) in [5, 5.41) is 2.98. The molecule has 1 amide bonds. The standard InChI is InChI=1S/C21H24N2O4/c1-3-25-18-6-4-15-8-9-23(12-16(15)10-18)14(2)21(24)22-17-5-7-19-20(11-17)27-13-26-19/h4-7,10-11,14H,3,8-9,12-13H2,1-2H3,(H,22,24). The zero-order chi connectivity index (χ0) is 18.8. The third kappa shape index (κ3) is 3.71. The van der Waals surface area contributed by atoms with Gasteiger partial charge in [0.15, 0.2) is 11.5 Å². The highest BCUT2D eigenvalue weighted by Gasteiger charge is 2.26. The second kappa shape index (κ2) is 7.48. The molecule has 2 heterocycles. The van der Waals surface area contributed by atoms with Crippen molar-refractivity contribution in [1.82, 2.24) is 4.90 Å². The van der Waals surface area contributed by atoms with Gasteiger partial charge in [-0.05, 0) is 55.7 Å². The van der Waals surface area contributed by atoms with Gasteiger partial charge in [-0.3, -0.25) is 9.69 Å². The van der Waals surface area contributed by atoms with Gasteiger partial charge in [0.1, 0.15) is 5.75 Å². The highest BCUT2D eigenvalue weighted by Crippen LogP contribution is 2.34. The van der Waals surface area contributed by atoms with Crippen LogP contribution in [0, 0.1) is 0 Å². The van der Waals surface area contributed by atoms with Gasteiger partial charge in [0, 0.05) is 24.8 Å². The maximum Gasteiger partial charge on any atom is 0.241 e. The maximum absolute atomic E-state index is 12.7. The van der Waals surface area contributed by atoms with E-state index in [2.05, 4.69) is 22.3 Å². The molecule has 0 aromatic heterocycles. The Labute approximate surface area is 159 Å². The monoisotopic (exact) mass is 368 g/mol. The van der Waals surface area contributed by atoms with E-state index in [1.807, 2.05) is 32.0 Å². The quantitative estimate of drug-likeness (QED) is 0.878. The molecule has 0 saturated carbocycles. The molecule has 1 atom stereocenters. The second-order valence-electron chi connectivity index (χ2n) is 6.82. The molecule has 2 aromatic rings. The Bertz CT molecular complexity index is 852. The summed E-state index contributed by atoms with van der Waals surface area (Å²) in [5.74, 6) is 2.23. The Morgan fingerprint density at radius 2 is 2.04 bits per heavy atom. The van der Waals surface area contributed by atoms with Crippen LogP contribution < -0.4 is 19.5 Å². The summed E-state index contributed by atoms with van der Waals surface area (Å²) in [7, 11) is 0. The van der Waals surface area contributed by atoms with Crippen LogP contribution in [0.3, 0.4) is 0 Å². The van der Waals surface area contributed by atoms with Crippen molar-refractivity contribution in [3.05, 3.63) is 47.5 Å². The smallest absolute Gasteiger partial charge is 0.241 e. The second-order valence-corrected chi connectivity index (χ2v) is 6.82. The third-order valence-electron chi connectivity index (χ3n) is 5.10. The summed E-state index contributed by atoms with van der Waals surface area (Å²) in [6.45, 7) is 6.40. The van der Waals surface area contributed by atoms with Gasteiger partial charge in [-0.1, -0.05) is 6.07 Å². The Balaban J connectivity index is 1.42. The van der Waals surface area contributed by atoms with Gasteiger partial charge in [0.25, 0.3) is 0 Å². The number of benzene rings is 2. The first-order valence-corrected chi connectivity index (χ1v) is 9.33. The number of hydrogen-bond donors (Lipinski definition) is 1. The van der Waals surface area contributed by atoms with E-state index >= 15 is 0 Å². The van der Waals surface area contributed by atoms with Crippen molar-refractivity contribution in [2.24, 2.45) is 0 Å². The number of ether oxygens (including phenoxy) is 3. The van der Waals surface area contributed by atoms with Crippen LogP contribution in [0.2, 0.25) is 0 Å². The van der Waals surface area contributed by atoms with Gasteiger partial charge in [-0.15, -0.1) is 0 Å². The van der Waals surface area contributed by atoms with E-state index in [0.29, 0.717) is 23.8 Å². The number of carbonyl (C=O) groups excluding carboxylic acids is 1. The molecule has 0 fully saturated rings. The molecule has 4 rings (SSSR count). The molecule has 2 aliphatic rings. The Hall–Kier alpha value is -2.73. The number of nitrogens with one attached hydrogen (secondary N) is 1. The Morgan fingerprint density at radius 1 is 1.19 bits per heavy atom. The molecule has 6 heteroatoms. The van der Waals surface area contributed by atoms with Crippen molar-refractivity contribution in [3.63, 3.8) is 0 Å². The van der Waals surface area contributed by atoms with E-state index < -0.39 is 0 Å². The van der Waals surface area contributed by atoms with Crippen LogP contribution in [0.1, 0.15) is 25.0 Å². The van der Waals surface area contributed by atoms with Crippen LogP contribution in [0.25, 0.3) is 0 Å². The van der Waals surface area contributed by atoms with Gasteiger partial charge in [0.05, 0.1) is 12.6 Å². The molecule has 0 saturated heterocycles. The summed E-state index contributed by atoms with van der Waals surface area (Å²) < 4.78 is 16.3. The van der Waals surface area contributed by atoms with E-state index in [9.17, 15) is 4.79 Å². The SMILES string of the molecule is CCOc1ccc2c(c1)CN(C(C)C(=O)Nc1ccc3c(c1)OCO3)CC2. The highest BCUT2D eigenvalue weighted by atomic mass is 16.7. The number of carbonyl (C=O) groups is 1. The molecule has 27 heavy (non-hydrogen) atoms. The van der Waals surface area contributed by atoms with Crippen LogP contribution in [0.5, 0.6) is 17.2 Å². The van der Waals surface area contributed by atoms with Crippen molar-refractivity contribution >= 4 is 11.6 Å². The lowest BCUT2D eigenvalue weighted by Gasteiger charge is -2.33. The van der Waals surface area contributed by atoms with Crippen LogP contribution in [-0.4, -0.2) is 36.8 Å². The third-order valence-corrected chi connectivity index (χ3v) is 5.10. The molecular formula is C21H24N2O4. The number of anilines is 1. The zero-order valence-corrected chi connectivity index (χ0v) is 15.7. The van der Waals surface area contributed by atoms with E-state index in [1.54, 1.807) is 6.07 Å². The normalized spacial score (nSPS) is 16.5. The fraction of sp³-hybridized carbons (Fsp3) is 0.381. The number of rotatable bonds is 5. The average molecular weight is 368 g/mol. The summed E-state index contributed by atoms with van der Waals surface area (Å²) in [6, 6.07) is 11.5. The van der Waals surface area contributed by atoms with Crippen molar-refractivity contribution in [3.8, 4) is 17.2 Å². The minimum atomic E-state index is -0.237. The van der Waals surface area contributed by atoms with Crippen molar-refractivity contribution < 1.29 is 19.0 Å². The summed E-state index contributed by atoms with van der Waals surface area (Å²) >= 11 is 0. The molecule has 1 N–H and O–H groups in total. The maximum atomic E-state index is 12.7. The predicted molar refractivity (Wildman–Crippen MR) is 102 cm³/mol. The molecule has 1 unspecified atom stereocenters. The molecule has 0 aliphatic carbocycles. The van der Waals surface area contributed by atoms with Gasteiger partial charge in [-0.25, -0.2) is 0 Å². The Kier molecular flexibility index (Phi) is 4.90. The molecule has 0 spiro atoms. The van der Waals surface area contributed by atoms with Crippen LogP contribution in [-0.2, 0) is 17.8 Å². The number of amides is 1.